The van der Waals surface area contributed by atoms with Gasteiger partial charge in [0, 0.05) is 19.3 Å². The molecule has 0 spiro atoms. The fourth-order valence-electron chi connectivity index (χ4n) is 7.25. The van der Waals surface area contributed by atoms with Crippen LogP contribution in [0.2, 0.25) is 0 Å². The molecule has 0 aliphatic carbocycles. The van der Waals surface area contributed by atoms with Crippen molar-refractivity contribution in [2.45, 2.75) is 272 Å². The molecule has 55 heavy (non-hydrogen) atoms. The van der Waals surface area contributed by atoms with Gasteiger partial charge in [-0.2, -0.15) is 0 Å². The Bertz CT molecular complexity index is 841. The third kappa shape index (κ3) is 41.9. The molecule has 0 aliphatic rings. The van der Waals surface area contributed by atoms with Gasteiger partial charge >= 0.3 is 17.9 Å². The second kappa shape index (κ2) is 42.0. The lowest BCUT2D eigenvalue weighted by Gasteiger charge is -2.18. The summed E-state index contributed by atoms with van der Waals surface area (Å²) in [5.74, 6) is 0.823. The van der Waals surface area contributed by atoms with Crippen molar-refractivity contribution in [2.24, 2.45) is 11.8 Å². The average Bonchev–Trinajstić information content (AvgIpc) is 3.17. The number of hydrogen-bond donors (Lipinski definition) is 0. The Labute approximate surface area is 342 Å². The van der Waals surface area contributed by atoms with Gasteiger partial charge in [-0.3, -0.25) is 14.4 Å². The first-order valence-electron chi connectivity index (χ1n) is 24.3. The predicted molar refractivity (Wildman–Crippen MR) is 233 cm³/mol. The molecule has 0 N–H and O–H groups in total. The molecular formula is C49H94O6. The number of esters is 3. The van der Waals surface area contributed by atoms with E-state index in [9.17, 15) is 14.4 Å². The van der Waals surface area contributed by atoms with Crippen molar-refractivity contribution in [1.29, 1.82) is 0 Å². The summed E-state index contributed by atoms with van der Waals surface area (Å²) in [6.07, 6.45) is 40.8. The lowest BCUT2D eigenvalue weighted by molar-refractivity contribution is -0.167. The molecule has 0 rings (SSSR count). The van der Waals surface area contributed by atoms with Crippen LogP contribution in [0, 0.1) is 11.8 Å². The summed E-state index contributed by atoms with van der Waals surface area (Å²) in [4.78, 5) is 37.8. The van der Waals surface area contributed by atoms with E-state index >= 15 is 0 Å². The van der Waals surface area contributed by atoms with Crippen LogP contribution in [-0.4, -0.2) is 37.2 Å². The van der Waals surface area contributed by atoms with E-state index < -0.39 is 6.10 Å². The zero-order chi connectivity index (χ0) is 40.5. The van der Waals surface area contributed by atoms with Crippen molar-refractivity contribution in [3.8, 4) is 0 Å². The van der Waals surface area contributed by atoms with Crippen LogP contribution in [0.3, 0.4) is 0 Å². The summed E-state index contributed by atoms with van der Waals surface area (Å²) >= 11 is 0. The number of ether oxygens (including phenoxy) is 3. The number of hydrogen-bond acceptors (Lipinski definition) is 6. The normalized spacial score (nSPS) is 12.5. The van der Waals surface area contributed by atoms with Gasteiger partial charge in [-0.25, -0.2) is 0 Å². The number of carbonyl (C=O) groups is 3. The minimum atomic E-state index is -0.761. The minimum absolute atomic E-state index is 0.0646. The van der Waals surface area contributed by atoms with Gasteiger partial charge in [-0.1, -0.05) is 227 Å². The Morgan fingerprint density at radius 2 is 0.691 bits per heavy atom. The molecule has 0 aromatic carbocycles. The van der Waals surface area contributed by atoms with Gasteiger partial charge in [0.2, 0.25) is 0 Å². The topological polar surface area (TPSA) is 78.9 Å². The zero-order valence-corrected chi connectivity index (χ0v) is 37.6. The van der Waals surface area contributed by atoms with E-state index in [2.05, 4.69) is 34.6 Å². The van der Waals surface area contributed by atoms with Crippen LogP contribution in [0.5, 0.6) is 0 Å². The molecule has 0 bridgehead atoms. The van der Waals surface area contributed by atoms with Crippen LogP contribution in [-0.2, 0) is 28.6 Å². The standard InChI is InChI=1S/C49H94O6/c1-6-8-9-10-11-12-18-24-29-34-39-47(50)53-42-46(55-49(52)41-36-31-26-21-20-23-28-33-38-45(5)7-2)43-54-48(51)40-35-30-25-19-16-14-13-15-17-22-27-32-37-44(3)4/h44-46H,6-43H2,1-5H3/t45?,46-/m1/s1. The van der Waals surface area contributed by atoms with Gasteiger partial charge in [0.1, 0.15) is 13.2 Å². The first kappa shape index (κ1) is 53.4. The average molecular weight is 779 g/mol. The van der Waals surface area contributed by atoms with Gasteiger partial charge in [-0.15, -0.1) is 0 Å². The molecule has 0 saturated heterocycles. The molecule has 0 aliphatic heterocycles. The van der Waals surface area contributed by atoms with E-state index in [0.717, 1.165) is 69.6 Å². The first-order valence-corrected chi connectivity index (χ1v) is 24.3. The highest BCUT2D eigenvalue weighted by Crippen LogP contribution is 2.17. The molecule has 0 fully saturated rings. The largest absolute Gasteiger partial charge is 0.462 e. The highest BCUT2D eigenvalue weighted by atomic mass is 16.6. The molecule has 326 valence electrons. The van der Waals surface area contributed by atoms with E-state index in [-0.39, 0.29) is 31.1 Å². The van der Waals surface area contributed by atoms with Crippen LogP contribution in [0.1, 0.15) is 266 Å². The second-order valence-electron chi connectivity index (χ2n) is 17.5. The molecule has 6 heteroatoms. The van der Waals surface area contributed by atoms with Crippen molar-refractivity contribution < 1.29 is 28.6 Å². The number of unbranched alkanes of at least 4 members (excludes halogenated alkanes) is 27. The molecular weight excluding hydrogens is 685 g/mol. The van der Waals surface area contributed by atoms with Gasteiger partial charge in [0.15, 0.2) is 6.10 Å². The fraction of sp³-hybridized carbons (Fsp3) is 0.939. The molecule has 6 nitrogen and oxygen atoms in total. The molecule has 0 amide bonds. The van der Waals surface area contributed by atoms with E-state index in [1.165, 1.54) is 154 Å². The predicted octanol–water partition coefficient (Wildman–Crippen LogP) is 15.4. The molecule has 0 aromatic rings. The van der Waals surface area contributed by atoms with Crippen LogP contribution >= 0.6 is 0 Å². The minimum Gasteiger partial charge on any atom is -0.462 e. The van der Waals surface area contributed by atoms with Crippen LogP contribution in [0.15, 0.2) is 0 Å². The zero-order valence-electron chi connectivity index (χ0n) is 37.6. The van der Waals surface area contributed by atoms with Crippen LogP contribution in [0.25, 0.3) is 0 Å². The molecule has 0 aromatic heterocycles. The van der Waals surface area contributed by atoms with Gasteiger partial charge in [0.05, 0.1) is 0 Å². The van der Waals surface area contributed by atoms with Gasteiger partial charge in [-0.05, 0) is 31.1 Å². The lowest BCUT2D eigenvalue weighted by Crippen LogP contribution is -2.30. The van der Waals surface area contributed by atoms with Crippen molar-refractivity contribution in [1.82, 2.24) is 0 Å². The maximum absolute atomic E-state index is 12.7. The molecule has 0 saturated carbocycles. The summed E-state index contributed by atoms with van der Waals surface area (Å²) in [6, 6.07) is 0. The summed E-state index contributed by atoms with van der Waals surface area (Å²) in [6.45, 7) is 11.4. The summed E-state index contributed by atoms with van der Waals surface area (Å²) < 4.78 is 16.7. The van der Waals surface area contributed by atoms with E-state index in [1.807, 2.05) is 0 Å². The molecule has 1 unspecified atom stereocenters. The smallest absolute Gasteiger partial charge is 0.306 e. The highest BCUT2D eigenvalue weighted by molar-refractivity contribution is 5.71. The number of carbonyl (C=O) groups excluding carboxylic acids is 3. The van der Waals surface area contributed by atoms with E-state index in [1.54, 1.807) is 0 Å². The number of rotatable bonds is 43. The SMILES string of the molecule is CCCCCCCCCCCCC(=O)OC[C@H](COC(=O)CCCCCCCCCCCCCCC(C)C)OC(=O)CCCCCCCCCCC(C)CC. The maximum Gasteiger partial charge on any atom is 0.306 e. The first-order chi connectivity index (χ1) is 26.8. The Morgan fingerprint density at radius 1 is 0.382 bits per heavy atom. The Hall–Kier alpha value is -1.59. The van der Waals surface area contributed by atoms with E-state index in [0.29, 0.717) is 19.3 Å². The van der Waals surface area contributed by atoms with Crippen molar-refractivity contribution in [2.75, 3.05) is 13.2 Å². The quantitative estimate of drug-likeness (QED) is 0.0348. The Balaban J connectivity index is 4.31. The third-order valence-corrected chi connectivity index (χ3v) is 11.3. The highest BCUT2D eigenvalue weighted by Gasteiger charge is 2.19. The van der Waals surface area contributed by atoms with Crippen molar-refractivity contribution >= 4 is 17.9 Å². The van der Waals surface area contributed by atoms with Gasteiger partial charge in [0.25, 0.3) is 0 Å². The summed E-state index contributed by atoms with van der Waals surface area (Å²) in [5.41, 5.74) is 0. The molecule has 0 heterocycles. The van der Waals surface area contributed by atoms with Crippen molar-refractivity contribution in [3.05, 3.63) is 0 Å². The fourth-order valence-corrected chi connectivity index (χ4v) is 7.25. The van der Waals surface area contributed by atoms with Gasteiger partial charge < -0.3 is 14.2 Å². The Morgan fingerprint density at radius 3 is 1.04 bits per heavy atom. The summed E-state index contributed by atoms with van der Waals surface area (Å²) in [7, 11) is 0. The Kier molecular flexibility index (Phi) is 40.8. The summed E-state index contributed by atoms with van der Waals surface area (Å²) in [5, 5.41) is 0. The van der Waals surface area contributed by atoms with E-state index in [4.69, 9.17) is 14.2 Å². The molecule has 0 radical (unpaired) electrons. The van der Waals surface area contributed by atoms with Crippen LogP contribution < -0.4 is 0 Å². The molecule has 2 atom stereocenters. The third-order valence-electron chi connectivity index (χ3n) is 11.3. The maximum atomic E-state index is 12.7. The van der Waals surface area contributed by atoms with Crippen molar-refractivity contribution in [3.63, 3.8) is 0 Å². The monoisotopic (exact) mass is 779 g/mol. The lowest BCUT2D eigenvalue weighted by atomic mass is 9.99. The van der Waals surface area contributed by atoms with Crippen LogP contribution in [0.4, 0.5) is 0 Å². The second-order valence-corrected chi connectivity index (χ2v) is 17.5.